The molecule has 0 saturated heterocycles. The largest absolute Gasteiger partial charge is 0.493 e. The second-order valence-electron chi connectivity index (χ2n) is 5.85. The Bertz CT molecular complexity index is 1270. The topological polar surface area (TPSA) is 88.7 Å². The van der Waals surface area contributed by atoms with Crippen LogP contribution in [0.25, 0.3) is 5.57 Å². The van der Waals surface area contributed by atoms with E-state index in [1.165, 1.54) is 0 Å². The molecule has 2 heterocycles. The number of nitrogens with zero attached hydrogens (tertiary/aromatic N) is 2. The number of hydrogen-bond acceptors (Lipinski definition) is 5. The van der Waals surface area contributed by atoms with E-state index < -0.39 is 16.7 Å². The molecule has 134 valence electrons. The molecule has 3 aromatic rings. The van der Waals surface area contributed by atoms with E-state index in [0.29, 0.717) is 32.5 Å². The van der Waals surface area contributed by atoms with Crippen LogP contribution in [0.2, 0.25) is 5.02 Å². The first kappa shape index (κ1) is 17.4. The number of rotatable bonds is 4. The summed E-state index contributed by atoms with van der Waals surface area (Å²) < 4.78 is 0.957. The van der Waals surface area contributed by atoms with Gasteiger partial charge in [0.25, 0.3) is 5.91 Å². The van der Waals surface area contributed by atoms with Crippen molar-refractivity contribution in [3.8, 4) is 5.88 Å². The van der Waals surface area contributed by atoms with Crippen LogP contribution in [0.4, 0.5) is 0 Å². The third-order valence-electron chi connectivity index (χ3n) is 4.17. The molecule has 1 amide bonds. The van der Waals surface area contributed by atoms with E-state index >= 15 is 0 Å². The lowest BCUT2D eigenvalue weighted by Gasteiger charge is -2.04. The average Bonchev–Trinajstić information content (AvgIpc) is 3.12. The number of benzene rings is 2. The molecule has 8 heteroatoms. The third-order valence-corrected chi connectivity index (χ3v) is 5.41. The highest BCUT2D eigenvalue weighted by atomic mass is 35.5. The van der Waals surface area contributed by atoms with Gasteiger partial charge in [-0.05, 0) is 30.3 Å². The number of carbonyl (C=O) groups excluding carboxylic acids is 2. The molecule has 6 nitrogen and oxygen atoms in total. The SMILES string of the molecule is O=C1N=c2ccccc2=C1c1sc(=O)n(CC(=O)c2ccc(Cl)cc2)c1O. The average molecular weight is 399 g/mol. The van der Waals surface area contributed by atoms with Gasteiger partial charge in [0.2, 0.25) is 5.88 Å². The van der Waals surface area contributed by atoms with Gasteiger partial charge in [0, 0.05) is 15.8 Å². The molecule has 0 saturated carbocycles. The van der Waals surface area contributed by atoms with Crippen molar-refractivity contribution in [2.45, 2.75) is 6.54 Å². The van der Waals surface area contributed by atoms with E-state index in [0.717, 1.165) is 4.57 Å². The molecule has 1 aliphatic heterocycles. The lowest BCUT2D eigenvalue weighted by Crippen LogP contribution is -2.22. The van der Waals surface area contributed by atoms with Crippen LogP contribution in [0.1, 0.15) is 15.2 Å². The Morgan fingerprint density at radius 3 is 2.56 bits per heavy atom. The van der Waals surface area contributed by atoms with Gasteiger partial charge < -0.3 is 5.11 Å². The Balaban J connectivity index is 1.77. The van der Waals surface area contributed by atoms with Gasteiger partial charge in [0.05, 0.1) is 17.5 Å². The van der Waals surface area contributed by atoms with Crippen molar-refractivity contribution in [1.82, 2.24) is 4.57 Å². The first-order valence-electron chi connectivity index (χ1n) is 7.90. The van der Waals surface area contributed by atoms with Crippen LogP contribution >= 0.6 is 22.9 Å². The second kappa shape index (κ2) is 6.61. The van der Waals surface area contributed by atoms with E-state index in [4.69, 9.17) is 11.6 Å². The molecule has 0 radical (unpaired) electrons. The van der Waals surface area contributed by atoms with Crippen molar-refractivity contribution in [2.24, 2.45) is 4.99 Å². The summed E-state index contributed by atoms with van der Waals surface area (Å²) in [4.78, 5) is 40.6. The van der Waals surface area contributed by atoms with Crippen LogP contribution in [0.3, 0.4) is 0 Å². The summed E-state index contributed by atoms with van der Waals surface area (Å²) in [5, 5.41) is 12.1. The van der Waals surface area contributed by atoms with Crippen LogP contribution in [-0.4, -0.2) is 21.4 Å². The fourth-order valence-corrected chi connectivity index (χ4v) is 3.92. The second-order valence-corrected chi connectivity index (χ2v) is 7.24. The highest BCUT2D eigenvalue weighted by Crippen LogP contribution is 2.28. The molecular weight excluding hydrogens is 388 g/mol. The van der Waals surface area contributed by atoms with E-state index in [9.17, 15) is 19.5 Å². The van der Waals surface area contributed by atoms with E-state index in [1.54, 1.807) is 48.5 Å². The zero-order chi connectivity index (χ0) is 19.1. The number of aromatic hydroxyl groups is 1. The lowest BCUT2D eigenvalue weighted by atomic mass is 10.1. The Morgan fingerprint density at radius 2 is 1.81 bits per heavy atom. The normalized spacial score (nSPS) is 12.8. The van der Waals surface area contributed by atoms with E-state index in [-0.39, 0.29) is 22.8 Å². The summed E-state index contributed by atoms with van der Waals surface area (Å²) in [7, 11) is 0. The minimum Gasteiger partial charge on any atom is -0.493 e. The molecule has 0 aliphatic carbocycles. The molecule has 1 aliphatic rings. The maximum absolute atomic E-state index is 12.4. The smallest absolute Gasteiger partial charge is 0.311 e. The Kier molecular flexibility index (Phi) is 4.25. The summed E-state index contributed by atoms with van der Waals surface area (Å²) in [6.45, 7) is -0.344. The predicted octanol–water partition coefficient (Wildman–Crippen LogP) is 1.51. The number of thiazole rings is 1. The van der Waals surface area contributed by atoms with Crippen LogP contribution in [-0.2, 0) is 11.3 Å². The third kappa shape index (κ3) is 3.01. The summed E-state index contributed by atoms with van der Waals surface area (Å²) in [5.41, 5.74) is 0.534. The van der Waals surface area contributed by atoms with Crippen molar-refractivity contribution in [2.75, 3.05) is 0 Å². The summed E-state index contributed by atoms with van der Waals surface area (Å²) in [6, 6.07) is 13.1. The first-order valence-corrected chi connectivity index (χ1v) is 9.09. The number of hydrogen-bond donors (Lipinski definition) is 1. The Hall–Kier alpha value is -3.03. The number of para-hydroxylation sites is 1. The standard InChI is InChI=1S/C19H11ClN2O4S/c20-11-7-5-10(6-8-11)14(23)9-22-18(25)16(27-19(22)26)15-12-3-1-2-4-13(12)21-17(15)24/h1-8,25H,9H2. The van der Waals surface area contributed by atoms with Crippen molar-refractivity contribution < 1.29 is 14.7 Å². The molecule has 4 rings (SSSR count). The fourth-order valence-electron chi connectivity index (χ4n) is 2.85. The van der Waals surface area contributed by atoms with Gasteiger partial charge >= 0.3 is 4.87 Å². The molecule has 2 aromatic carbocycles. The zero-order valence-electron chi connectivity index (χ0n) is 13.7. The monoisotopic (exact) mass is 398 g/mol. The summed E-state index contributed by atoms with van der Waals surface area (Å²) in [5.74, 6) is -1.30. The van der Waals surface area contributed by atoms with Crippen molar-refractivity contribution >= 4 is 40.2 Å². The summed E-state index contributed by atoms with van der Waals surface area (Å²) in [6.07, 6.45) is 0. The van der Waals surface area contributed by atoms with Gasteiger partial charge in [-0.2, -0.15) is 0 Å². The van der Waals surface area contributed by atoms with Crippen molar-refractivity contribution in [3.63, 3.8) is 0 Å². The van der Waals surface area contributed by atoms with Crippen LogP contribution in [0.5, 0.6) is 5.88 Å². The fraction of sp³-hybridized carbons (Fsp3) is 0.0526. The quantitative estimate of drug-likeness (QED) is 0.675. The maximum atomic E-state index is 12.4. The predicted molar refractivity (Wildman–Crippen MR) is 101 cm³/mol. The Labute approximate surface area is 161 Å². The van der Waals surface area contributed by atoms with Crippen molar-refractivity contribution in [3.05, 3.63) is 84.2 Å². The van der Waals surface area contributed by atoms with Crippen LogP contribution in [0.15, 0.2) is 58.3 Å². The molecule has 0 spiro atoms. The summed E-state index contributed by atoms with van der Waals surface area (Å²) >= 11 is 6.52. The molecule has 1 aromatic heterocycles. The number of Topliss-reactive ketones (excluding diaryl/α,β-unsaturated/α-hetero) is 1. The molecular formula is C19H11ClN2O4S. The van der Waals surface area contributed by atoms with Crippen molar-refractivity contribution in [1.29, 1.82) is 0 Å². The molecule has 0 fully saturated rings. The highest BCUT2D eigenvalue weighted by molar-refractivity contribution is 7.11. The number of amides is 1. The minimum absolute atomic E-state index is 0.114. The van der Waals surface area contributed by atoms with Gasteiger partial charge in [-0.3, -0.25) is 19.0 Å². The van der Waals surface area contributed by atoms with Gasteiger partial charge in [-0.15, -0.1) is 0 Å². The van der Waals surface area contributed by atoms with Crippen LogP contribution in [0, 0.1) is 0 Å². The van der Waals surface area contributed by atoms with E-state index in [2.05, 4.69) is 4.99 Å². The number of carbonyl (C=O) groups is 2. The van der Waals surface area contributed by atoms with Crippen LogP contribution < -0.4 is 15.4 Å². The van der Waals surface area contributed by atoms with Gasteiger partial charge in [0.15, 0.2) is 5.78 Å². The molecule has 1 N–H and O–H groups in total. The molecule has 27 heavy (non-hydrogen) atoms. The Morgan fingerprint density at radius 1 is 1.11 bits per heavy atom. The number of ketones is 1. The molecule has 0 atom stereocenters. The maximum Gasteiger partial charge on any atom is 0.311 e. The first-order chi connectivity index (χ1) is 13.0. The molecule has 0 unspecified atom stereocenters. The number of fused-ring (bicyclic) bond motifs is 1. The lowest BCUT2D eigenvalue weighted by molar-refractivity contribution is -0.112. The van der Waals surface area contributed by atoms with Gasteiger partial charge in [-0.25, -0.2) is 4.99 Å². The highest BCUT2D eigenvalue weighted by Gasteiger charge is 2.26. The van der Waals surface area contributed by atoms with Gasteiger partial charge in [-0.1, -0.05) is 41.1 Å². The zero-order valence-corrected chi connectivity index (χ0v) is 15.3. The number of aromatic nitrogens is 1. The molecule has 0 bridgehead atoms. The minimum atomic E-state index is -0.533. The van der Waals surface area contributed by atoms with E-state index in [1.807, 2.05) is 0 Å². The number of halogens is 1. The van der Waals surface area contributed by atoms with Gasteiger partial charge in [0.1, 0.15) is 4.88 Å².